The molecule has 1 aromatic heterocycles. The second-order valence-electron chi connectivity index (χ2n) is 15.7. The van der Waals surface area contributed by atoms with Gasteiger partial charge in [-0.2, -0.15) is 5.10 Å². The molecule has 1 N–H and O–H groups in total. The average molecular weight is 735 g/mol. The Hall–Kier alpha value is -3.33. The summed E-state index contributed by atoms with van der Waals surface area (Å²) in [4.78, 5) is 28.9. The van der Waals surface area contributed by atoms with E-state index >= 15 is 0 Å². The van der Waals surface area contributed by atoms with Crippen molar-refractivity contribution >= 4 is 27.8 Å². The number of ether oxygens (including phenoxy) is 3. The van der Waals surface area contributed by atoms with Gasteiger partial charge in [-0.15, -0.1) is 0 Å². The number of methoxy groups -OCH3 is 2. The molecular weight excluding hydrogens is 682 g/mol. The Bertz CT molecular complexity index is 1640. The van der Waals surface area contributed by atoms with Crippen LogP contribution >= 0.6 is 15.9 Å². The van der Waals surface area contributed by atoms with Crippen LogP contribution in [0.5, 0.6) is 11.5 Å². The molecule has 8 nitrogen and oxygen atoms in total. The molecule has 7 rings (SSSR count). The summed E-state index contributed by atoms with van der Waals surface area (Å²) in [5, 5.41) is 9.36. The maximum atomic E-state index is 14.6. The number of benzene rings is 2. The lowest BCUT2D eigenvalue weighted by Crippen LogP contribution is -2.71. The highest BCUT2D eigenvalue weighted by Gasteiger charge is 2.63. The van der Waals surface area contributed by atoms with Gasteiger partial charge >= 0.3 is 5.97 Å². The van der Waals surface area contributed by atoms with Gasteiger partial charge in [0.1, 0.15) is 22.6 Å². The summed E-state index contributed by atoms with van der Waals surface area (Å²) >= 11 is 3.55. The number of unbranched alkanes of at least 4 members (excludes halogenated alkanes) is 1. The number of nitrogens with one attached hydrogen (secondary N) is 1. The van der Waals surface area contributed by atoms with E-state index in [2.05, 4.69) is 53.3 Å². The maximum Gasteiger partial charge on any atom is 0.332 e. The molecule has 1 heterocycles. The van der Waals surface area contributed by atoms with Crippen molar-refractivity contribution in [1.29, 1.82) is 0 Å². The molecule has 9 heteroatoms. The number of nitrogens with zero attached hydrogens (tertiary/aromatic N) is 2. The van der Waals surface area contributed by atoms with Gasteiger partial charge < -0.3 is 19.5 Å². The highest BCUT2D eigenvalue weighted by atomic mass is 79.9. The molecule has 4 aliphatic carbocycles. The minimum absolute atomic E-state index is 0.0445. The number of aromatic nitrogens is 2. The second-order valence-corrected chi connectivity index (χ2v) is 16.5. The summed E-state index contributed by atoms with van der Waals surface area (Å²) in [7, 11) is 3.26. The number of amides is 1. The molecular formula is C40H52BrN3O5. The van der Waals surface area contributed by atoms with Crippen molar-refractivity contribution in [1.82, 2.24) is 15.1 Å². The summed E-state index contributed by atoms with van der Waals surface area (Å²) in [5.41, 5.74) is 3.14. The molecule has 0 unspecified atom stereocenters. The van der Waals surface area contributed by atoms with Crippen LogP contribution in [0.15, 0.2) is 42.5 Å². The van der Waals surface area contributed by atoms with Gasteiger partial charge in [-0.1, -0.05) is 48.0 Å². The van der Waals surface area contributed by atoms with Crippen molar-refractivity contribution in [2.45, 2.75) is 103 Å². The Morgan fingerprint density at radius 3 is 2.14 bits per heavy atom. The Labute approximate surface area is 299 Å². The molecule has 2 aromatic carbocycles. The number of hydrogen-bond acceptors (Lipinski definition) is 6. The van der Waals surface area contributed by atoms with Gasteiger partial charge in [-0.25, -0.2) is 9.48 Å². The van der Waals surface area contributed by atoms with E-state index in [9.17, 15) is 9.59 Å². The molecule has 4 saturated carbocycles. The lowest BCUT2D eigenvalue weighted by Gasteiger charge is -2.59. The van der Waals surface area contributed by atoms with E-state index in [1.807, 2.05) is 49.7 Å². The number of hydrogen-bond donors (Lipinski definition) is 1. The number of rotatable bonds is 12. The van der Waals surface area contributed by atoms with Gasteiger partial charge in [0, 0.05) is 5.33 Å². The van der Waals surface area contributed by atoms with Crippen LogP contribution in [0.25, 0.3) is 16.9 Å². The summed E-state index contributed by atoms with van der Waals surface area (Å²) in [5.74, 6) is 2.03. The molecule has 4 bridgehead atoms. The van der Waals surface area contributed by atoms with E-state index in [1.165, 1.54) is 12.0 Å². The van der Waals surface area contributed by atoms with Crippen LogP contribution in [0.4, 0.5) is 0 Å². The molecule has 0 atom stereocenters. The van der Waals surface area contributed by atoms with Crippen LogP contribution in [-0.2, 0) is 16.0 Å². The van der Waals surface area contributed by atoms with E-state index in [4.69, 9.17) is 19.3 Å². The van der Waals surface area contributed by atoms with Crippen molar-refractivity contribution in [3.8, 4) is 28.4 Å². The maximum absolute atomic E-state index is 14.6. The van der Waals surface area contributed by atoms with Gasteiger partial charge in [0.05, 0.1) is 31.2 Å². The third-order valence-corrected chi connectivity index (χ3v) is 11.5. The number of aryl methyl sites for hydroxylation is 1. The molecule has 0 spiro atoms. The summed E-state index contributed by atoms with van der Waals surface area (Å²) in [6.07, 6.45) is 8.17. The monoisotopic (exact) mass is 733 g/mol. The molecule has 0 aliphatic heterocycles. The van der Waals surface area contributed by atoms with Crippen LogP contribution in [0.2, 0.25) is 0 Å². The number of carbonyl (C=O) groups excluding carboxylic acids is 2. The van der Waals surface area contributed by atoms with Gasteiger partial charge in [-0.3, -0.25) is 4.79 Å². The summed E-state index contributed by atoms with van der Waals surface area (Å²) < 4.78 is 19.7. The molecule has 0 radical (unpaired) electrons. The van der Waals surface area contributed by atoms with Crippen LogP contribution in [-0.4, -0.2) is 52.3 Å². The normalized spacial score (nSPS) is 24.3. The third kappa shape index (κ3) is 6.89. The number of alkyl halides is 1. The SMILES string of the molecule is COc1cccc(OC)c1-c1cc(C(=O)NC2(C(=O)OC(C)(C)C)C3CC4CC(C3)CC2C4)nn1-c1ccc(CCCCBr)cc1C(C)C. The quantitative estimate of drug-likeness (QED) is 0.114. The zero-order chi connectivity index (χ0) is 35.1. The van der Waals surface area contributed by atoms with Crippen molar-refractivity contribution in [3.63, 3.8) is 0 Å². The first kappa shape index (κ1) is 35.5. The first-order valence-corrected chi connectivity index (χ1v) is 19.1. The topological polar surface area (TPSA) is 91.7 Å². The largest absolute Gasteiger partial charge is 0.496 e. The lowest BCUT2D eigenvalue weighted by molar-refractivity contribution is -0.180. The fraction of sp³-hybridized carbons (Fsp3) is 0.575. The molecule has 264 valence electrons. The average Bonchev–Trinajstić information content (AvgIpc) is 3.50. The van der Waals surface area contributed by atoms with Gasteiger partial charge in [0.2, 0.25) is 0 Å². The Morgan fingerprint density at radius 2 is 1.59 bits per heavy atom. The minimum atomic E-state index is -1.08. The Balaban J connectivity index is 1.47. The zero-order valence-electron chi connectivity index (χ0n) is 30.1. The Morgan fingerprint density at radius 1 is 0.959 bits per heavy atom. The molecule has 1 amide bonds. The van der Waals surface area contributed by atoms with Crippen molar-refractivity contribution in [3.05, 3.63) is 59.3 Å². The number of halogens is 1. The van der Waals surface area contributed by atoms with E-state index in [0.29, 0.717) is 34.6 Å². The van der Waals surface area contributed by atoms with Crippen LogP contribution in [0, 0.1) is 23.7 Å². The second kappa shape index (κ2) is 14.1. The molecule has 3 aromatic rings. The predicted octanol–water partition coefficient (Wildman–Crippen LogP) is 8.66. The van der Waals surface area contributed by atoms with Crippen molar-refractivity contribution in [2.75, 3.05) is 19.5 Å². The molecule has 0 saturated heterocycles. The molecule has 4 fully saturated rings. The fourth-order valence-electron chi connectivity index (χ4n) is 8.93. The van der Waals surface area contributed by atoms with Crippen LogP contribution < -0.4 is 14.8 Å². The predicted molar refractivity (Wildman–Crippen MR) is 196 cm³/mol. The van der Waals surface area contributed by atoms with E-state index in [1.54, 1.807) is 14.2 Å². The van der Waals surface area contributed by atoms with Gasteiger partial charge in [0.15, 0.2) is 5.69 Å². The number of carbonyl (C=O) groups is 2. The van der Waals surface area contributed by atoms with Crippen molar-refractivity contribution < 1.29 is 23.8 Å². The lowest BCUT2D eigenvalue weighted by atomic mass is 9.48. The molecule has 4 aliphatic rings. The smallest absolute Gasteiger partial charge is 0.332 e. The van der Waals surface area contributed by atoms with Crippen LogP contribution in [0.3, 0.4) is 0 Å². The first-order chi connectivity index (χ1) is 23.4. The van der Waals surface area contributed by atoms with Gasteiger partial charge in [0.25, 0.3) is 5.91 Å². The fourth-order valence-corrected chi connectivity index (χ4v) is 9.32. The minimum Gasteiger partial charge on any atom is -0.496 e. The standard InChI is InChI=1S/C40H52BrN3O5/c1-24(2)30-22-25(11-8-9-16-41)14-15-32(30)44-33(36-34(47-6)12-10-13-35(36)48-7)23-31(43-44)37(45)42-40(38(46)49-39(3,4)5)28-18-26-17-27(20-28)21-29(40)19-26/h10,12-15,22-24,26-29H,8-9,11,16-21H2,1-7H3,(H,42,45). The highest BCUT2D eigenvalue weighted by molar-refractivity contribution is 9.09. The highest BCUT2D eigenvalue weighted by Crippen LogP contribution is 2.59. The van der Waals surface area contributed by atoms with Crippen LogP contribution in [0.1, 0.15) is 107 Å². The zero-order valence-corrected chi connectivity index (χ0v) is 31.7. The molecule has 49 heavy (non-hydrogen) atoms. The third-order valence-electron chi connectivity index (χ3n) is 10.9. The first-order valence-electron chi connectivity index (χ1n) is 17.9. The van der Waals surface area contributed by atoms with E-state index in [-0.39, 0.29) is 35.3 Å². The van der Waals surface area contributed by atoms with Gasteiger partial charge in [-0.05, 0) is 137 Å². The number of esters is 1. The van der Waals surface area contributed by atoms with E-state index < -0.39 is 11.1 Å². The van der Waals surface area contributed by atoms with E-state index in [0.717, 1.165) is 61.5 Å². The summed E-state index contributed by atoms with van der Waals surface area (Å²) in [6, 6.07) is 14.0. The summed E-state index contributed by atoms with van der Waals surface area (Å²) in [6.45, 7) is 10.0. The Kier molecular flexibility index (Phi) is 10.2. The van der Waals surface area contributed by atoms with Crippen molar-refractivity contribution in [2.24, 2.45) is 23.7 Å².